The number of aryl methyl sites for hydroxylation is 1. The molecule has 0 spiro atoms. The van der Waals surface area contributed by atoms with Gasteiger partial charge in [0.05, 0.1) is 0 Å². The van der Waals surface area contributed by atoms with E-state index in [2.05, 4.69) is 34.1 Å². The van der Waals surface area contributed by atoms with Gasteiger partial charge in [0.2, 0.25) is 0 Å². The van der Waals surface area contributed by atoms with Crippen molar-refractivity contribution in [2.24, 2.45) is 5.92 Å². The predicted octanol–water partition coefficient (Wildman–Crippen LogP) is 3.81. The number of hydrogen-bond donors (Lipinski definition) is 0. The summed E-state index contributed by atoms with van der Waals surface area (Å²) in [6.45, 7) is 6.98. The lowest BCUT2D eigenvalue weighted by Gasteiger charge is -2.34. The second-order valence-electron chi connectivity index (χ2n) is 7.57. The van der Waals surface area contributed by atoms with E-state index in [1.807, 2.05) is 35.3 Å². The highest BCUT2D eigenvalue weighted by Crippen LogP contribution is 2.18. The van der Waals surface area contributed by atoms with Crippen molar-refractivity contribution < 1.29 is 0 Å². The molecule has 1 aliphatic rings. The van der Waals surface area contributed by atoms with Gasteiger partial charge in [0.15, 0.2) is 0 Å². The monoisotopic (exact) mass is 374 g/mol. The SMILES string of the molecule is CN(CCCn1cccn1)C[C@@H]1CCCN(CCc2ccc(Cl)cc2)C1. The summed E-state index contributed by atoms with van der Waals surface area (Å²) < 4.78 is 2.02. The molecule has 0 saturated carbocycles. The van der Waals surface area contributed by atoms with E-state index in [1.54, 1.807) is 0 Å². The molecule has 0 bridgehead atoms. The molecule has 1 aromatic carbocycles. The van der Waals surface area contributed by atoms with Crippen molar-refractivity contribution in [2.45, 2.75) is 32.2 Å². The lowest BCUT2D eigenvalue weighted by Crippen LogP contribution is -2.41. The minimum Gasteiger partial charge on any atom is -0.306 e. The van der Waals surface area contributed by atoms with E-state index in [-0.39, 0.29) is 0 Å². The van der Waals surface area contributed by atoms with Crippen molar-refractivity contribution in [3.63, 3.8) is 0 Å². The van der Waals surface area contributed by atoms with Crippen LogP contribution in [0.5, 0.6) is 0 Å². The van der Waals surface area contributed by atoms with Gasteiger partial charge in [0.25, 0.3) is 0 Å². The van der Waals surface area contributed by atoms with Crippen LogP contribution in [0.1, 0.15) is 24.8 Å². The maximum absolute atomic E-state index is 5.97. The molecule has 26 heavy (non-hydrogen) atoms. The van der Waals surface area contributed by atoms with Gasteiger partial charge < -0.3 is 9.80 Å². The molecule has 2 heterocycles. The Bertz CT molecular complexity index is 626. The second kappa shape index (κ2) is 10.1. The van der Waals surface area contributed by atoms with Gasteiger partial charge in [0.1, 0.15) is 0 Å². The third kappa shape index (κ3) is 6.42. The fraction of sp³-hybridized carbons (Fsp3) is 0.571. The van der Waals surface area contributed by atoms with E-state index < -0.39 is 0 Å². The lowest BCUT2D eigenvalue weighted by molar-refractivity contribution is 0.143. The van der Waals surface area contributed by atoms with E-state index in [0.29, 0.717) is 0 Å². The molecule has 1 aromatic heterocycles. The first kappa shape index (κ1) is 19.4. The first-order valence-electron chi connectivity index (χ1n) is 9.82. The van der Waals surface area contributed by atoms with Crippen LogP contribution >= 0.6 is 11.6 Å². The van der Waals surface area contributed by atoms with E-state index in [9.17, 15) is 0 Å². The summed E-state index contributed by atoms with van der Waals surface area (Å²) in [4.78, 5) is 5.14. The average molecular weight is 375 g/mol. The Morgan fingerprint density at radius 3 is 2.85 bits per heavy atom. The molecule has 2 aromatic rings. The molecule has 5 heteroatoms. The van der Waals surface area contributed by atoms with Gasteiger partial charge in [0, 0.05) is 43.6 Å². The van der Waals surface area contributed by atoms with Crippen LogP contribution < -0.4 is 0 Å². The summed E-state index contributed by atoms with van der Waals surface area (Å²) >= 11 is 5.97. The Hall–Kier alpha value is -1.36. The fourth-order valence-corrected chi connectivity index (χ4v) is 4.04. The standard InChI is InChI=1S/C21H31ClN4/c1-24(12-4-15-26-14-3-11-23-26)17-20-5-2-13-25(18-20)16-10-19-6-8-21(22)9-7-19/h3,6-9,11,14,20H,2,4-5,10,12-13,15-18H2,1H3/t20-/m0/s1. The van der Waals surface area contributed by atoms with Crippen molar-refractivity contribution >= 4 is 11.6 Å². The largest absolute Gasteiger partial charge is 0.306 e. The molecule has 142 valence electrons. The summed E-state index contributed by atoms with van der Waals surface area (Å²) in [6.07, 6.45) is 8.85. The topological polar surface area (TPSA) is 24.3 Å². The van der Waals surface area contributed by atoms with Crippen LogP contribution in [-0.4, -0.2) is 59.4 Å². The van der Waals surface area contributed by atoms with Crippen LogP contribution in [0.3, 0.4) is 0 Å². The van der Waals surface area contributed by atoms with E-state index in [0.717, 1.165) is 43.4 Å². The van der Waals surface area contributed by atoms with Crippen LogP contribution in [0.25, 0.3) is 0 Å². The summed E-state index contributed by atoms with van der Waals surface area (Å²) in [7, 11) is 2.26. The number of hydrogen-bond acceptors (Lipinski definition) is 3. The minimum atomic E-state index is 0.795. The average Bonchev–Trinajstić information content (AvgIpc) is 3.15. The number of halogens is 1. The molecule has 1 fully saturated rings. The van der Waals surface area contributed by atoms with Crippen LogP contribution in [-0.2, 0) is 13.0 Å². The molecule has 4 nitrogen and oxygen atoms in total. The van der Waals surface area contributed by atoms with E-state index in [4.69, 9.17) is 11.6 Å². The highest BCUT2D eigenvalue weighted by Gasteiger charge is 2.20. The van der Waals surface area contributed by atoms with Crippen LogP contribution in [0.2, 0.25) is 5.02 Å². The van der Waals surface area contributed by atoms with Gasteiger partial charge in [-0.15, -0.1) is 0 Å². The first-order valence-corrected chi connectivity index (χ1v) is 10.2. The zero-order valence-electron chi connectivity index (χ0n) is 15.9. The van der Waals surface area contributed by atoms with Crippen molar-refractivity contribution in [2.75, 3.05) is 39.8 Å². The molecule has 1 saturated heterocycles. The molecule has 0 unspecified atom stereocenters. The zero-order chi connectivity index (χ0) is 18.2. The first-order chi connectivity index (χ1) is 12.7. The second-order valence-corrected chi connectivity index (χ2v) is 8.01. The highest BCUT2D eigenvalue weighted by molar-refractivity contribution is 6.30. The van der Waals surface area contributed by atoms with Crippen LogP contribution in [0, 0.1) is 5.92 Å². The van der Waals surface area contributed by atoms with Crippen LogP contribution in [0.4, 0.5) is 0 Å². The van der Waals surface area contributed by atoms with Crippen molar-refractivity contribution in [1.82, 2.24) is 19.6 Å². The maximum atomic E-state index is 5.97. The molecular weight excluding hydrogens is 344 g/mol. The quantitative estimate of drug-likeness (QED) is 0.667. The minimum absolute atomic E-state index is 0.795. The lowest BCUT2D eigenvalue weighted by atomic mass is 9.97. The Morgan fingerprint density at radius 1 is 1.23 bits per heavy atom. The number of benzene rings is 1. The van der Waals surface area contributed by atoms with Gasteiger partial charge in [-0.05, 0) is 75.5 Å². The Morgan fingerprint density at radius 2 is 2.08 bits per heavy atom. The predicted molar refractivity (Wildman–Crippen MR) is 109 cm³/mol. The zero-order valence-corrected chi connectivity index (χ0v) is 16.6. The number of nitrogens with zero attached hydrogens (tertiary/aromatic N) is 4. The molecular formula is C21H31ClN4. The Kier molecular flexibility index (Phi) is 7.54. The van der Waals surface area contributed by atoms with Gasteiger partial charge in [-0.3, -0.25) is 4.68 Å². The molecule has 1 aliphatic heterocycles. The molecule has 0 radical (unpaired) electrons. The van der Waals surface area contributed by atoms with E-state index in [1.165, 1.54) is 38.0 Å². The molecule has 0 aliphatic carbocycles. The smallest absolute Gasteiger partial charge is 0.0489 e. The molecule has 0 N–H and O–H groups in total. The van der Waals surface area contributed by atoms with Crippen molar-refractivity contribution in [3.05, 3.63) is 53.3 Å². The Labute approximate surface area is 162 Å². The molecule has 3 rings (SSSR count). The van der Waals surface area contributed by atoms with Gasteiger partial charge >= 0.3 is 0 Å². The summed E-state index contributed by atoms with van der Waals surface area (Å²) in [5, 5.41) is 5.09. The third-order valence-electron chi connectivity index (χ3n) is 5.29. The number of piperidine rings is 1. The number of aromatic nitrogens is 2. The molecule has 1 atom stereocenters. The van der Waals surface area contributed by atoms with Gasteiger partial charge in [-0.2, -0.15) is 5.10 Å². The Balaban J connectivity index is 1.35. The van der Waals surface area contributed by atoms with Crippen molar-refractivity contribution in [1.29, 1.82) is 0 Å². The van der Waals surface area contributed by atoms with Gasteiger partial charge in [-0.25, -0.2) is 0 Å². The number of likely N-dealkylation sites (tertiary alicyclic amines) is 1. The maximum Gasteiger partial charge on any atom is 0.0489 e. The normalized spacial score (nSPS) is 18.5. The van der Waals surface area contributed by atoms with Crippen LogP contribution in [0.15, 0.2) is 42.7 Å². The third-order valence-corrected chi connectivity index (χ3v) is 5.54. The summed E-state index contributed by atoms with van der Waals surface area (Å²) in [5.74, 6) is 0.795. The fourth-order valence-electron chi connectivity index (χ4n) is 3.91. The number of rotatable bonds is 9. The summed E-state index contributed by atoms with van der Waals surface area (Å²) in [5.41, 5.74) is 1.38. The molecule has 0 amide bonds. The van der Waals surface area contributed by atoms with Crippen molar-refractivity contribution in [3.8, 4) is 0 Å². The van der Waals surface area contributed by atoms with E-state index >= 15 is 0 Å². The van der Waals surface area contributed by atoms with Gasteiger partial charge in [-0.1, -0.05) is 23.7 Å². The summed E-state index contributed by atoms with van der Waals surface area (Å²) in [6, 6.07) is 10.3. The highest BCUT2D eigenvalue weighted by atomic mass is 35.5.